The van der Waals surface area contributed by atoms with Gasteiger partial charge in [-0.15, -0.1) is 18.2 Å². The first-order valence-electron chi connectivity index (χ1n) is 7.35. The van der Waals surface area contributed by atoms with Crippen molar-refractivity contribution in [2.24, 2.45) is 5.41 Å². The monoisotopic (exact) mass is 407 g/mol. The molecule has 1 atom stereocenters. The molecule has 23 heavy (non-hydrogen) atoms. The average molecular weight is 408 g/mol. The van der Waals surface area contributed by atoms with Crippen molar-refractivity contribution in [1.82, 2.24) is 0 Å². The zero-order valence-corrected chi connectivity index (χ0v) is 18.3. The van der Waals surface area contributed by atoms with Gasteiger partial charge in [0.1, 0.15) is 4.93 Å². The Hall–Kier alpha value is 0.564. The van der Waals surface area contributed by atoms with Crippen LogP contribution in [0.15, 0.2) is 40.9 Å². The minimum absolute atomic E-state index is 0. The molecule has 0 aliphatic heterocycles. The van der Waals surface area contributed by atoms with E-state index < -0.39 is 0 Å². The molecular formula is C18H25Cl2OSTi. The number of allylic oxidation sites excluding steroid dienone is 5. The number of ether oxygens (including phenoxy) is 1. The van der Waals surface area contributed by atoms with Crippen LogP contribution in [-0.2, 0) is 26.5 Å². The molecule has 0 aromatic heterocycles. The summed E-state index contributed by atoms with van der Waals surface area (Å²) < 4.78 is 6.43. The third kappa shape index (κ3) is 6.76. The van der Waals surface area contributed by atoms with Gasteiger partial charge in [-0.1, -0.05) is 39.0 Å². The second kappa shape index (κ2) is 10.5. The predicted octanol–water partition coefficient (Wildman–Crippen LogP) is -0.574. The molecule has 2 aliphatic carbocycles. The molecule has 1 radical (unpaired) electrons. The van der Waals surface area contributed by atoms with Gasteiger partial charge in [0.05, 0.1) is 6.10 Å². The Labute approximate surface area is 173 Å². The van der Waals surface area contributed by atoms with Gasteiger partial charge in [-0.25, -0.2) is 6.08 Å². The van der Waals surface area contributed by atoms with E-state index in [4.69, 9.17) is 4.74 Å². The molecule has 0 amide bonds. The molecule has 5 heteroatoms. The smallest absolute Gasteiger partial charge is 1.00 e. The molecule has 0 aromatic carbocycles. The second-order valence-corrected chi connectivity index (χ2v) is 7.94. The number of hydrogen-bond donors (Lipinski definition) is 0. The van der Waals surface area contributed by atoms with Gasteiger partial charge < -0.3 is 29.6 Å². The van der Waals surface area contributed by atoms with Gasteiger partial charge in [-0.05, 0) is 24.8 Å². The number of halogens is 2. The van der Waals surface area contributed by atoms with E-state index in [1.165, 1.54) is 10.5 Å². The Morgan fingerprint density at radius 3 is 2.35 bits per heavy atom. The van der Waals surface area contributed by atoms with Crippen molar-refractivity contribution in [2.75, 3.05) is 0 Å². The molecular weight excluding hydrogens is 383 g/mol. The van der Waals surface area contributed by atoms with Crippen molar-refractivity contribution in [3.8, 4) is 0 Å². The van der Waals surface area contributed by atoms with E-state index in [9.17, 15) is 0 Å². The van der Waals surface area contributed by atoms with Gasteiger partial charge in [0.15, 0.2) is 0 Å². The van der Waals surface area contributed by atoms with Crippen molar-refractivity contribution in [3.05, 3.63) is 46.9 Å². The number of thioether (sulfide) groups is 1. The second-order valence-electron chi connectivity index (χ2n) is 6.63. The van der Waals surface area contributed by atoms with Crippen molar-refractivity contribution in [1.29, 1.82) is 0 Å². The summed E-state index contributed by atoms with van der Waals surface area (Å²) in [5.74, 6) is 0. The van der Waals surface area contributed by atoms with Crippen LogP contribution in [0.25, 0.3) is 0 Å². The maximum absolute atomic E-state index is 6.43. The van der Waals surface area contributed by atoms with Gasteiger partial charge in [0, 0.05) is 6.42 Å². The molecule has 0 bridgehead atoms. The summed E-state index contributed by atoms with van der Waals surface area (Å²) in [6.07, 6.45) is 16.4. The predicted molar refractivity (Wildman–Crippen MR) is 88.4 cm³/mol. The molecule has 0 saturated heterocycles. The molecule has 0 heterocycles. The van der Waals surface area contributed by atoms with E-state index in [0.29, 0.717) is 0 Å². The first-order valence-corrected chi connectivity index (χ1v) is 8.17. The largest absolute Gasteiger partial charge is 3.00 e. The fourth-order valence-electron chi connectivity index (χ4n) is 2.69. The SMILES string of the molecule is CC(C)OC1(SC2=[C-]CC=C2)CC=CC=C1C(C)(C)C.[Cl-].[Cl-].[Ti+3]. The molecule has 0 N–H and O–H groups in total. The van der Waals surface area contributed by atoms with Crippen LogP contribution in [0.3, 0.4) is 0 Å². The Balaban J connectivity index is 0. The Morgan fingerprint density at radius 2 is 1.87 bits per heavy atom. The van der Waals surface area contributed by atoms with E-state index in [1.54, 1.807) is 0 Å². The zero-order chi connectivity index (χ0) is 14.8. The Morgan fingerprint density at radius 1 is 1.22 bits per heavy atom. The topological polar surface area (TPSA) is 9.23 Å². The van der Waals surface area contributed by atoms with Crippen molar-refractivity contribution >= 4 is 11.8 Å². The molecule has 127 valence electrons. The third-order valence-corrected chi connectivity index (χ3v) is 4.68. The molecule has 1 nitrogen and oxygen atoms in total. The van der Waals surface area contributed by atoms with Crippen molar-refractivity contribution < 1.29 is 51.3 Å². The molecule has 2 aliphatic rings. The summed E-state index contributed by atoms with van der Waals surface area (Å²) >= 11 is 1.82. The maximum atomic E-state index is 6.43. The van der Waals surface area contributed by atoms with Crippen LogP contribution in [0.5, 0.6) is 0 Å². The fourth-order valence-corrected chi connectivity index (χ4v) is 4.27. The molecule has 1 unspecified atom stereocenters. The first kappa shape index (κ1) is 25.8. The molecule has 0 spiro atoms. The van der Waals surface area contributed by atoms with Crippen LogP contribution in [-0.4, -0.2) is 11.0 Å². The average Bonchev–Trinajstić information content (AvgIpc) is 2.79. The van der Waals surface area contributed by atoms with E-state index >= 15 is 0 Å². The van der Waals surface area contributed by atoms with E-state index in [-0.39, 0.29) is 63.0 Å². The summed E-state index contributed by atoms with van der Waals surface area (Å²) in [6, 6.07) is 0. The van der Waals surface area contributed by atoms with Gasteiger partial charge in [0.25, 0.3) is 0 Å². The van der Waals surface area contributed by atoms with Gasteiger partial charge in [0.2, 0.25) is 0 Å². The molecule has 2 rings (SSSR count). The van der Waals surface area contributed by atoms with Crippen LogP contribution < -0.4 is 24.8 Å². The third-order valence-electron chi connectivity index (χ3n) is 3.37. The summed E-state index contributed by atoms with van der Waals surface area (Å²) in [5.41, 5.74) is 1.45. The molecule has 0 aromatic rings. The summed E-state index contributed by atoms with van der Waals surface area (Å²) in [7, 11) is 0. The van der Waals surface area contributed by atoms with Crippen LogP contribution in [0, 0.1) is 11.5 Å². The standard InChI is InChI=1S/C18H25OS.2ClH.Ti/c1-14(2)19-18(20-15-10-6-7-11-15)13-9-8-12-16(18)17(3,4)5;;;/h6,8-10,12,14H,7,13H2,1-5H3;2*1H;/q-1;;;+3/p-2. The van der Waals surface area contributed by atoms with E-state index in [2.05, 4.69) is 71.1 Å². The summed E-state index contributed by atoms with van der Waals surface area (Å²) in [5, 5.41) is 0. The van der Waals surface area contributed by atoms with Gasteiger partial charge in [-0.2, -0.15) is 11.0 Å². The van der Waals surface area contributed by atoms with E-state index in [0.717, 1.165) is 12.8 Å². The Bertz CT molecular complexity index is 490. The quantitative estimate of drug-likeness (QED) is 0.350. The van der Waals surface area contributed by atoms with Gasteiger partial charge in [-0.3, -0.25) is 6.08 Å². The van der Waals surface area contributed by atoms with E-state index in [1.807, 2.05) is 11.8 Å². The number of hydrogen-bond acceptors (Lipinski definition) is 2. The van der Waals surface area contributed by atoms with Crippen LogP contribution >= 0.6 is 11.8 Å². The minimum Gasteiger partial charge on any atom is -1.00 e. The maximum Gasteiger partial charge on any atom is 3.00 e. The molecule has 0 fully saturated rings. The number of rotatable bonds is 4. The summed E-state index contributed by atoms with van der Waals surface area (Å²) in [6.45, 7) is 11.0. The van der Waals surface area contributed by atoms with Crippen LogP contribution in [0.1, 0.15) is 47.5 Å². The van der Waals surface area contributed by atoms with Crippen molar-refractivity contribution in [3.63, 3.8) is 0 Å². The van der Waals surface area contributed by atoms with Gasteiger partial charge >= 0.3 is 21.7 Å². The van der Waals surface area contributed by atoms with Crippen molar-refractivity contribution in [2.45, 2.75) is 58.5 Å². The summed E-state index contributed by atoms with van der Waals surface area (Å²) in [4.78, 5) is 0.911. The Kier molecular flexibility index (Phi) is 11.8. The minimum atomic E-state index is -0.293. The van der Waals surface area contributed by atoms with Crippen LogP contribution in [0.4, 0.5) is 0 Å². The molecule has 0 saturated carbocycles. The zero-order valence-electron chi connectivity index (χ0n) is 14.5. The fraction of sp³-hybridized carbons (Fsp3) is 0.556. The first-order chi connectivity index (χ1) is 9.33. The van der Waals surface area contributed by atoms with Crippen LogP contribution in [0.2, 0.25) is 0 Å². The normalized spacial score (nSPS) is 22.7.